The Labute approximate surface area is 79.6 Å². The average molecular weight is 232 g/mol. The van der Waals surface area contributed by atoms with Crippen LogP contribution in [0.3, 0.4) is 0 Å². The number of halogens is 4. The first-order chi connectivity index (χ1) is 6.66. The Morgan fingerprint density at radius 2 is 1.73 bits per heavy atom. The predicted molar refractivity (Wildman–Crippen MR) is 35.4 cm³/mol. The minimum absolute atomic E-state index is 0.265. The van der Waals surface area contributed by atoms with Gasteiger partial charge in [-0.15, -0.1) is 0 Å². The van der Waals surface area contributed by atoms with Crippen LogP contribution < -0.4 is 0 Å². The summed E-state index contributed by atoms with van der Waals surface area (Å²) in [7, 11) is 0. The van der Waals surface area contributed by atoms with E-state index >= 15 is 0 Å². The van der Waals surface area contributed by atoms with Crippen LogP contribution in [-0.2, 0) is 14.3 Å². The molecule has 0 saturated heterocycles. The Balaban J connectivity index is 4.86. The first-order valence-corrected chi connectivity index (χ1v) is 3.19. The van der Waals surface area contributed by atoms with Crippen molar-refractivity contribution in [2.45, 2.75) is 12.5 Å². The van der Waals surface area contributed by atoms with Crippen molar-refractivity contribution in [2.24, 2.45) is 0 Å². The first kappa shape index (κ1) is 13.2. The second-order valence-electron chi connectivity index (χ2n) is 2.12. The van der Waals surface area contributed by atoms with Crippen molar-refractivity contribution in [3.8, 4) is 0 Å². The van der Waals surface area contributed by atoms with Crippen LogP contribution in [0.25, 0.3) is 0 Å². The molecule has 0 spiro atoms. The van der Waals surface area contributed by atoms with Crippen LogP contribution in [0, 0.1) is 0 Å². The minimum Gasteiger partial charge on any atom is -0.478 e. The van der Waals surface area contributed by atoms with E-state index in [9.17, 15) is 27.2 Å². The van der Waals surface area contributed by atoms with Crippen molar-refractivity contribution in [1.82, 2.24) is 0 Å². The third-order valence-corrected chi connectivity index (χ3v) is 0.965. The van der Waals surface area contributed by atoms with Crippen LogP contribution in [0.15, 0.2) is 11.8 Å². The number of carboxylic acids is 2. The molecule has 0 unspecified atom stereocenters. The van der Waals surface area contributed by atoms with E-state index in [1.165, 1.54) is 0 Å². The molecular formula is C6H4F4O5. The average Bonchev–Trinajstić information content (AvgIpc) is 2.01. The molecule has 0 atom stereocenters. The number of hydrogen-bond donors (Lipinski definition) is 2. The first-order valence-electron chi connectivity index (χ1n) is 3.19. The lowest BCUT2D eigenvalue weighted by Gasteiger charge is -2.16. The fraction of sp³-hybridized carbons (Fsp3) is 0.333. The van der Waals surface area contributed by atoms with Crippen molar-refractivity contribution in [2.75, 3.05) is 0 Å². The van der Waals surface area contributed by atoms with Gasteiger partial charge >= 0.3 is 24.5 Å². The van der Waals surface area contributed by atoms with Crippen molar-refractivity contribution in [3.63, 3.8) is 0 Å². The van der Waals surface area contributed by atoms with Crippen molar-refractivity contribution >= 4 is 11.9 Å². The molecule has 0 bridgehead atoms. The third-order valence-electron chi connectivity index (χ3n) is 0.965. The van der Waals surface area contributed by atoms with Crippen LogP contribution >= 0.6 is 0 Å². The van der Waals surface area contributed by atoms with E-state index in [2.05, 4.69) is 4.74 Å². The van der Waals surface area contributed by atoms with E-state index in [4.69, 9.17) is 10.2 Å². The lowest BCUT2D eigenvalue weighted by Crippen LogP contribution is -2.31. The van der Waals surface area contributed by atoms with Crippen LogP contribution in [0.5, 0.6) is 0 Å². The van der Waals surface area contributed by atoms with E-state index in [1.807, 2.05) is 0 Å². The van der Waals surface area contributed by atoms with Gasteiger partial charge in [-0.05, 0) is 0 Å². The zero-order chi connectivity index (χ0) is 12.2. The molecule has 0 aromatic carbocycles. The van der Waals surface area contributed by atoms with Gasteiger partial charge in [-0.1, -0.05) is 0 Å². The molecule has 9 heteroatoms. The third kappa shape index (κ3) is 4.29. The van der Waals surface area contributed by atoms with Crippen molar-refractivity contribution < 1.29 is 42.1 Å². The molecule has 0 aliphatic heterocycles. The second kappa shape index (κ2) is 4.62. The number of carboxylic acid groups (broad SMARTS) is 2. The Hall–Kier alpha value is -1.80. The summed E-state index contributed by atoms with van der Waals surface area (Å²) < 4.78 is 50.4. The highest BCUT2D eigenvalue weighted by molar-refractivity contribution is 5.92. The second-order valence-corrected chi connectivity index (χ2v) is 2.12. The van der Waals surface area contributed by atoms with Gasteiger partial charge in [0, 0.05) is 0 Å². The van der Waals surface area contributed by atoms with Gasteiger partial charge in [0.2, 0.25) is 5.76 Å². The summed E-state index contributed by atoms with van der Waals surface area (Å²) >= 11 is 0. The normalized spacial score (nSPS) is 12.7. The van der Waals surface area contributed by atoms with Crippen molar-refractivity contribution in [3.05, 3.63) is 11.8 Å². The molecule has 2 N–H and O–H groups in total. The van der Waals surface area contributed by atoms with E-state index in [-0.39, 0.29) is 6.08 Å². The SMILES string of the molecule is O=C(O)/C=C(\OC(F)(F)C(F)F)C(=O)O. The number of ether oxygens (including phenoxy) is 1. The maximum atomic E-state index is 12.1. The summed E-state index contributed by atoms with van der Waals surface area (Å²) in [6, 6.07) is 0. The molecule has 0 aliphatic rings. The lowest BCUT2D eigenvalue weighted by atomic mass is 10.4. The highest BCUT2D eigenvalue weighted by Crippen LogP contribution is 2.27. The fourth-order valence-electron chi connectivity index (χ4n) is 0.438. The molecule has 0 aromatic heterocycles. The number of alkyl halides is 4. The molecule has 0 rings (SSSR count). The quantitative estimate of drug-likeness (QED) is 0.418. The summed E-state index contributed by atoms with van der Waals surface area (Å²) in [4.78, 5) is 20.0. The summed E-state index contributed by atoms with van der Waals surface area (Å²) in [5.74, 6) is -5.90. The lowest BCUT2D eigenvalue weighted by molar-refractivity contribution is -0.282. The maximum Gasteiger partial charge on any atom is 0.461 e. The molecular weight excluding hydrogens is 228 g/mol. The molecule has 0 aliphatic carbocycles. The monoisotopic (exact) mass is 232 g/mol. The summed E-state index contributed by atoms with van der Waals surface area (Å²) in [5, 5.41) is 16.1. The number of carbonyl (C=O) groups is 2. The van der Waals surface area contributed by atoms with Gasteiger partial charge in [0.05, 0.1) is 6.08 Å². The van der Waals surface area contributed by atoms with Gasteiger partial charge in [-0.3, -0.25) is 0 Å². The van der Waals surface area contributed by atoms with Crippen molar-refractivity contribution in [1.29, 1.82) is 0 Å². The zero-order valence-corrected chi connectivity index (χ0v) is 6.79. The molecule has 0 radical (unpaired) electrons. The van der Waals surface area contributed by atoms with E-state index in [0.29, 0.717) is 0 Å². The molecule has 0 aromatic rings. The number of aliphatic carboxylic acids is 2. The van der Waals surface area contributed by atoms with Gasteiger partial charge in [-0.2, -0.15) is 17.6 Å². The Bertz CT molecular complexity index is 298. The topological polar surface area (TPSA) is 83.8 Å². The Morgan fingerprint density at radius 3 is 2.00 bits per heavy atom. The van der Waals surface area contributed by atoms with E-state index < -0.39 is 30.2 Å². The smallest absolute Gasteiger partial charge is 0.461 e. The van der Waals surface area contributed by atoms with Crippen LogP contribution in [-0.4, -0.2) is 34.7 Å². The van der Waals surface area contributed by atoms with Gasteiger partial charge < -0.3 is 14.9 Å². The Morgan fingerprint density at radius 1 is 1.27 bits per heavy atom. The van der Waals surface area contributed by atoms with Crippen LogP contribution in [0.4, 0.5) is 17.6 Å². The molecule has 15 heavy (non-hydrogen) atoms. The van der Waals surface area contributed by atoms with Crippen LogP contribution in [0.2, 0.25) is 0 Å². The predicted octanol–water partition coefficient (Wildman–Crippen LogP) is 0.914. The Kier molecular flexibility index (Phi) is 4.07. The molecule has 0 amide bonds. The number of rotatable bonds is 5. The maximum absolute atomic E-state index is 12.1. The van der Waals surface area contributed by atoms with E-state index in [0.717, 1.165) is 0 Å². The zero-order valence-electron chi connectivity index (χ0n) is 6.79. The van der Waals surface area contributed by atoms with Gasteiger partial charge in [0.15, 0.2) is 0 Å². The summed E-state index contributed by atoms with van der Waals surface area (Å²) in [5.41, 5.74) is 0. The van der Waals surface area contributed by atoms with Gasteiger partial charge in [-0.25, -0.2) is 9.59 Å². The number of hydrogen-bond acceptors (Lipinski definition) is 3. The molecule has 0 fully saturated rings. The summed E-state index contributed by atoms with van der Waals surface area (Å²) in [6.45, 7) is 0. The van der Waals surface area contributed by atoms with Gasteiger partial charge in [0.25, 0.3) is 0 Å². The fourth-order valence-corrected chi connectivity index (χ4v) is 0.438. The largest absolute Gasteiger partial charge is 0.478 e. The van der Waals surface area contributed by atoms with Gasteiger partial charge in [0.1, 0.15) is 0 Å². The summed E-state index contributed by atoms with van der Waals surface area (Å²) in [6.07, 6.45) is -9.59. The molecule has 86 valence electrons. The standard InChI is InChI=1S/C6H4F4O5/c7-5(8)6(9,10)15-2(4(13)14)1-3(11)12/h1,5H,(H,11,12)(H,13,14)/b2-1-. The van der Waals surface area contributed by atoms with Crippen LogP contribution in [0.1, 0.15) is 0 Å². The molecule has 5 nitrogen and oxygen atoms in total. The molecule has 0 heterocycles. The minimum atomic E-state index is -5.06. The van der Waals surface area contributed by atoms with E-state index in [1.54, 1.807) is 0 Å². The highest BCUT2D eigenvalue weighted by atomic mass is 19.3. The highest BCUT2D eigenvalue weighted by Gasteiger charge is 2.45. The molecule has 0 saturated carbocycles.